The zero-order valence-electron chi connectivity index (χ0n) is 31.4. The molecule has 0 aliphatic heterocycles. The van der Waals surface area contributed by atoms with Crippen LogP contribution >= 0.6 is 0 Å². The molecule has 0 rings (SSSR count). The summed E-state index contributed by atoms with van der Waals surface area (Å²) in [6, 6.07) is 0. The molecule has 268 valence electrons. The summed E-state index contributed by atoms with van der Waals surface area (Å²) >= 11 is 0. The first-order valence-electron chi connectivity index (χ1n) is 20.0. The van der Waals surface area contributed by atoms with Gasteiger partial charge in [0.1, 0.15) is 0 Å². The fraction of sp³-hybridized carbons (Fsp3) is 0.791. The number of unbranched alkanes of at least 4 members (excludes halogenated alkanes) is 18. The number of carboxylic acid groups (broad SMARTS) is 1. The van der Waals surface area contributed by atoms with E-state index in [1.54, 1.807) is 0 Å². The molecule has 3 nitrogen and oxygen atoms in total. The third-order valence-corrected chi connectivity index (χ3v) is 9.32. The Hall–Kier alpha value is -1.61. The Morgan fingerprint density at radius 1 is 0.500 bits per heavy atom. The van der Waals surface area contributed by atoms with Crippen LogP contribution in [0.1, 0.15) is 187 Å². The number of carboxylic acids is 1. The second-order valence-corrected chi connectivity index (χ2v) is 14.0. The molecule has 0 spiro atoms. The lowest BCUT2D eigenvalue weighted by Gasteiger charge is -2.25. The number of aliphatic carboxylic acids is 1. The van der Waals surface area contributed by atoms with Gasteiger partial charge in [0.2, 0.25) is 0 Å². The van der Waals surface area contributed by atoms with Crippen molar-refractivity contribution in [2.75, 3.05) is 20.6 Å². The van der Waals surface area contributed by atoms with Crippen molar-refractivity contribution in [2.24, 2.45) is 11.8 Å². The molecule has 0 aromatic carbocycles. The first-order chi connectivity index (χ1) is 22.5. The maximum absolute atomic E-state index is 12.3. The van der Waals surface area contributed by atoms with Gasteiger partial charge in [-0.2, -0.15) is 0 Å². The van der Waals surface area contributed by atoms with Crippen molar-refractivity contribution in [2.45, 2.75) is 187 Å². The van der Waals surface area contributed by atoms with Crippen LogP contribution < -0.4 is 0 Å². The maximum Gasteiger partial charge on any atom is 0.306 e. The van der Waals surface area contributed by atoms with Gasteiger partial charge in [0, 0.05) is 0 Å². The van der Waals surface area contributed by atoms with Gasteiger partial charge in [-0.3, -0.25) is 4.79 Å². The van der Waals surface area contributed by atoms with E-state index in [0.29, 0.717) is 5.92 Å². The Bertz CT molecular complexity index is 702. The topological polar surface area (TPSA) is 40.5 Å². The number of rotatable bonds is 35. The van der Waals surface area contributed by atoms with Crippen molar-refractivity contribution in [3.05, 3.63) is 48.6 Å². The predicted octanol–water partition coefficient (Wildman–Crippen LogP) is 13.7. The van der Waals surface area contributed by atoms with E-state index in [2.05, 4.69) is 81.5 Å². The van der Waals surface area contributed by atoms with Crippen molar-refractivity contribution >= 4 is 5.97 Å². The highest BCUT2D eigenvalue weighted by molar-refractivity contribution is 5.70. The zero-order valence-corrected chi connectivity index (χ0v) is 31.4. The van der Waals surface area contributed by atoms with Crippen LogP contribution in [0.5, 0.6) is 0 Å². The fourth-order valence-corrected chi connectivity index (χ4v) is 6.29. The normalized spacial score (nSPS) is 13.2. The van der Waals surface area contributed by atoms with Crippen LogP contribution in [0.25, 0.3) is 0 Å². The summed E-state index contributed by atoms with van der Waals surface area (Å²) < 4.78 is 0. The Morgan fingerprint density at radius 2 is 0.848 bits per heavy atom. The van der Waals surface area contributed by atoms with E-state index >= 15 is 0 Å². The highest BCUT2D eigenvalue weighted by Crippen LogP contribution is 2.29. The first-order valence-corrected chi connectivity index (χ1v) is 20.0. The molecule has 0 radical (unpaired) electrons. The minimum absolute atomic E-state index is 0.196. The predicted molar refractivity (Wildman–Crippen MR) is 206 cm³/mol. The molecule has 0 aromatic rings. The van der Waals surface area contributed by atoms with Gasteiger partial charge in [-0.1, -0.05) is 152 Å². The monoisotopic (exact) mass is 642 g/mol. The molecule has 0 saturated carbocycles. The quantitative estimate of drug-likeness (QED) is 0.0553. The van der Waals surface area contributed by atoms with Gasteiger partial charge in [0.25, 0.3) is 0 Å². The molecule has 0 bridgehead atoms. The van der Waals surface area contributed by atoms with E-state index < -0.39 is 5.97 Å². The molecule has 1 N–H and O–H groups in total. The summed E-state index contributed by atoms with van der Waals surface area (Å²) in [5.74, 6) is -0.445. The highest BCUT2D eigenvalue weighted by atomic mass is 16.4. The molecule has 0 heterocycles. The van der Waals surface area contributed by atoms with E-state index in [4.69, 9.17) is 0 Å². The van der Waals surface area contributed by atoms with E-state index in [0.717, 1.165) is 38.6 Å². The van der Waals surface area contributed by atoms with Crippen LogP contribution in [0.3, 0.4) is 0 Å². The summed E-state index contributed by atoms with van der Waals surface area (Å²) in [5.41, 5.74) is 0. The van der Waals surface area contributed by atoms with Crippen molar-refractivity contribution in [1.82, 2.24) is 4.90 Å². The Balaban J connectivity index is 4.15. The molecule has 0 aliphatic rings. The van der Waals surface area contributed by atoms with E-state index in [-0.39, 0.29) is 5.92 Å². The molecule has 0 aromatic heterocycles. The van der Waals surface area contributed by atoms with Gasteiger partial charge in [-0.05, 0) is 110 Å². The van der Waals surface area contributed by atoms with E-state index in [1.165, 1.54) is 141 Å². The summed E-state index contributed by atoms with van der Waals surface area (Å²) in [4.78, 5) is 14.4. The number of hydrogen-bond acceptors (Lipinski definition) is 2. The van der Waals surface area contributed by atoms with Gasteiger partial charge in [0.05, 0.1) is 5.92 Å². The van der Waals surface area contributed by atoms with E-state index in [1.807, 2.05) is 0 Å². The molecule has 0 saturated heterocycles. The maximum atomic E-state index is 12.3. The molecule has 3 heteroatoms. The largest absolute Gasteiger partial charge is 0.481 e. The molecular weight excluding hydrogens is 562 g/mol. The lowest BCUT2D eigenvalue weighted by Crippen LogP contribution is -2.28. The summed E-state index contributed by atoms with van der Waals surface area (Å²) in [5, 5.41) is 10.1. The molecule has 46 heavy (non-hydrogen) atoms. The molecular formula is C43H79NO2. The SMILES string of the molecule is CCCCC/C=C/C/C=C/CCCCCCCCC(CCCCCCCC/C=C/C/C=C/CCCCC)C(CCN(C)C)C(=O)O. The van der Waals surface area contributed by atoms with Crippen molar-refractivity contribution < 1.29 is 9.90 Å². The summed E-state index contributed by atoms with van der Waals surface area (Å²) in [6.07, 6.45) is 51.8. The standard InChI is InChI=1S/C43H79NO2/c1-5-7-9-11-13-15-17-19-21-23-25-27-29-31-33-35-37-41(42(43(45)46)39-40-44(3)4)38-36-34-32-30-28-26-24-22-20-18-16-14-12-10-8-6-2/h13-16,19-22,41-42H,5-12,17-18,23-40H2,1-4H3,(H,45,46)/b15-13+,16-14+,21-19+,22-20+. The minimum atomic E-state index is -0.577. The van der Waals surface area contributed by atoms with Crippen molar-refractivity contribution in [3.8, 4) is 0 Å². The van der Waals surface area contributed by atoms with Gasteiger partial charge in [-0.15, -0.1) is 0 Å². The average Bonchev–Trinajstić information content (AvgIpc) is 3.03. The number of nitrogens with zero attached hydrogens (tertiary/aromatic N) is 1. The van der Waals surface area contributed by atoms with Crippen LogP contribution in [0, 0.1) is 11.8 Å². The first kappa shape index (κ1) is 44.4. The van der Waals surface area contributed by atoms with Gasteiger partial charge in [0.15, 0.2) is 0 Å². The highest BCUT2D eigenvalue weighted by Gasteiger charge is 2.27. The van der Waals surface area contributed by atoms with Gasteiger partial charge < -0.3 is 10.0 Å². The van der Waals surface area contributed by atoms with E-state index in [9.17, 15) is 9.90 Å². The fourth-order valence-electron chi connectivity index (χ4n) is 6.29. The van der Waals surface area contributed by atoms with Crippen LogP contribution in [0.4, 0.5) is 0 Å². The molecule has 1 unspecified atom stereocenters. The second-order valence-electron chi connectivity index (χ2n) is 14.0. The zero-order chi connectivity index (χ0) is 33.8. The third-order valence-electron chi connectivity index (χ3n) is 9.32. The second kappa shape index (κ2) is 36.2. The molecule has 1 atom stereocenters. The number of carbonyl (C=O) groups is 1. The number of hydrogen-bond donors (Lipinski definition) is 1. The average molecular weight is 642 g/mol. The van der Waals surface area contributed by atoms with Crippen LogP contribution in [0.2, 0.25) is 0 Å². The molecule has 0 fully saturated rings. The van der Waals surface area contributed by atoms with Gasteiger partial charge in [-0.25, -0.2) is 0 Å². The Morgan fingerprint density at radius 3 is 1.20 bits per heavy atom. The van der Waals surface area contributed by atoms with Crippen molar-refractivity contribution in [3.63, 3.8) is 0 Å². The van der Waals surface area contributed by atoms with Gasteiger partial charge >= 0.3 is 5.97 Å². The number of allylic oxidation sites excluding steroid dienone is 8. The lowest BCUT2D eigenvalue weighted by atomic mass is 9.81. The Labute approximate surface area is 288 Å². The van der Waals surface area contributed by atoms with Crippen LogP contribution in [-0.4, -0.2) is 36.6 Å². The third kappa shape index (κ3) is 32.3. The Kier molecular flexibility index (Phi) is 35.0. The molecule has 0 aliphatic carbocycles. The smallest absolute Gasteiger partial charge is 0.306 e. The van der Waals surface area contributed by atoms with Crippen molar-refractivity contribution in [1.29, 1.82) is 0 Å². The molecule has 0 amide bonds. The summed E-state index contributed by atoms with van der Waals surface area (Å²) in [7, 11) is 4.11. The van der Waals surface area contributed by atoms with Crippen LogP contribution in [0.15, 0.2) is 48.6 Å². The summed E-state index contributed by atoms with van der Waals surface area (Å²) in [6.45, 7) is 5.38. The van der Waals surface area contributed by atoms with Crippen LogP contribution in [-0.2, 0) is 4.79 Å². The lowest BCUT2D eigenvalue weighted by molar-refractivity contribution is -0.144. The minimum Gasteiger partial charge on any atom is -0.481 e.